The maximum Gasteiger partial charge on any atom is 0.210 e. The van der Waals surface area contributed by atoms with Crippen LogP contribution < -0.4 is 15.8 Å². The number of nitrogens with two attached hydrogens (primary N) is 1. The number of hydrogen-bond donors (Lipinski definition) is 3. The van der Waals surface area contributed by atoms with Gasteiger partial charge in [0.25, 0.3) is 0 Å². The van der Waals surface area contributed by atoms with E-state index in [4.69, 9.17) is 9.88 Å². The number of nitrogens with zero attached hydrogens (tertiary/aromatic N) is 1. The molecule has 1 rings (SSSR count). The third kappa shape index (κ3) is 13.3. The minimum absolute atomic E-state index is 0. The highest BCUT2D eigenvalue weighted by Crippen LogP contribution is 2.28. The SMILES string of the molecule is CCNC(=NCCCOCC1CC1)NCCS(N)(=O)=O.I. The molecule has 0 aromatic rings. The smallest absolute Gasteiger partial charge is 0.210 e. The van der Waals surface area contributed by atoms with Crippen molar-refractivity contribution in [2.24, 2.45) is 16.0 Å². The van der Waals surface area contributed by atoms with E-state index in [9.17, 15) is 8.42 Å². The average molecular weight is 434 g/mol. The lowest BCUT2D eigenvalue weighted by Crippen LogP contribution is -2.40. The zero-order valence-corrected chi connectivity index (χ0v) is 15.7. The van der Waals surface area contributed by atoms with Crippen molar-refractivity contribution >= 4 is 40.0 Å². The Morgan fingerprint density at radius 2 is 2.10 bits per heavy atom. The number of nitrogens with one attached hydrogen (secondary N) is 2. The molecule has 7 nitrogen and oxygen atoms in total. The lowest BCUT2D eigenvalue weighted by Gasteiger charge is -2.10. The fraction of sp³-hybridized carbons (Fsp3) is 0.917. The van der Waals surface area contributed by atoms with Crippen molar-refractivity contribution in [2.75, 3.05) is 38.6 Å². The maximum atomic E-state index is 10.8. The molecule has 1 aliphatic rings. The molecule has 0 heterocycles. The summed E-state index contributed by atoms with van der Waals surface area (Å²) in [5.74, 6) is 1.29. The van der Waals surface area contributed by atoms with E-state index in [0.29, 0.717) is 12.5 Å². The molecule has 126 valence electrons. The number of ether oxygens (including phenoxy) is 1. The van der Waals surface area contributed by atoms with E-state index in [2.05, 4.69) is 15.6 Å². The number of hydrogen-bond acceptors (Lipinski definition) is 4. The second kappa shape index (κ2) is 11.4. The molecule has 0 radical (unpaired) electrons. The summed E-state index contributed by atoms with van der Waals surface area (Å²) in [5, 5.41) is 10.9. The summed E-state index contributed by atoms with van der Waals surface area (Å²) < 4.78 is 27.2. The summed E-state index contributed by atoms with van der Waals surface area (Å²) in [4.78, 5) is 4.34. The van der Waals surface area contributed by atoms with Crippen molar-refractivity contribution in [3.63, 3.8) is 0 Å². The minimum Gasteiger partial charge on any atom is -0.381 e. The van der Waals surface area contributed by atoms with Gasteiger partial charge < -0.3 is 15.4 Å². The number of guanidine groups is 1. The van der Waals surface area contributed by atoms with Crippen LogP contribution in [-0.4, -0.2) is 53.0 Å². The van der Waals surface area contributed by atoms with E-state index in [1.165, 1.54) is 12.8 Å². The summed E-state index contributed by atoms with van der Waals surface area (Å²) in [6.45, 7) is 5.17. The number of rotatable bonds is 10. The van der Waals surface area contributed by atoms with Gasteiger partial charge in [-0.2, -0.15) is 0 Å². The molecule has 0 unspecified atom stereocenters. The van der Waals surface area contributed by atoms with E-state index < -0.39 is 10.0 Å². The molecule has 0 amide bonds. The van der Waals surface area contributed by atoms with Gasteiger partial charge in [0.2, 0.25) is 10.0 Å². The van der Waals surface area contributed by atoms with Crippen molar-refractivity contribution < 1.29 is 13.2 Å². The molecule has 0 atom stereocenters. The van der Waals surface area contributed by atoms with Crippen LogP contribution in [0.25, 0.3) is 0 Å². The van der Waals surface area contributed by atoms with Crippen molar-refractivity contribution in [3.8, 4) is 0 Å². The van der Waals surface area contributed by atoms with Gasteiger partial charge in [0.15, 0.2) is 5.96 Å². The second-order valence-corrected chi connectivity index (χ2v) is 6.66. The fourth-order valence-corrected chi connectivity index (χ4v) is 1.93. The molecule has 0 aromatic heterocycles. The summed E-state index contributed by atoms with van der Waals surface area (Å²) in [5.41, 5.74) is 0. The predicted molar refractivity (Wildman–Crippen MR) is 95.5 cm³/mol. The zero-order chi connectivity index (χ0) is 14.8. The van der Waals surface area contributed by atoms with Gasteiger partial charge in [-0.3, -0.25) is 4.99 Å². The van der Waals surface area contributed by atoms with Gasteiger partial charge in [0.1, 0.15) is 0 Å². The molecule has 0 bridgehead atoms. The molecular formula is C12H27IN4O3S. The molecule has 0 aliphatic heterocycles. The van der Waals surface area contributed by atoms with Crippen LogP contribution in [0.15, 0.2) is 4.99 Å². The van der Waals surface area contributed by atoms with Crippen molar-refractivity contribution in [1.82, 2.24) is 10.6 Å². The number of aliphatic imine (C=N–C) groups is 1. The van der Waals surface area contributed by atoms with Gasteiger partial charge in [-0.1, -0.05) is 0 Å². The van der Waals surface area contributed by atoms with E-state index in [0.717, 1.165) is 32.1 Å². The van der Waals surface area contributed by atoms with Crippen LogP contribution in [0.5, 0.6) is 0 Å². The minimum atomic E-state index is -3.43. The Kier molecular flexibility index (Phi) is 11.4. The van der Waals surface area contributed by atoms with Crippen LogP contribution in [0.1, 0.15) is 26.2 Å². The largest absolute Gasteiger partial charge is 0.381 e. The van der Waals surface area contributed by atoms with Crippen LogP contribution in [0, 0.1) is 5.92 Å². The van der Waals surface area contributed by atoms with E-state index in [1.54, 1.807) is 0 Å². The Morgan fingerprint density at radius 1 is 1.38 bits per heavy atom. The highest BCUT2D eigenvalue weighted by Gasteiger charge is 2.20. The monoisotopic (exact) mass is 434 g/mol. The Morgan fingerprint density at radius 3 is 2.67 bits per heavy atom. The van der Waals surface area contributed by atoms with Crippen molar-refractivity contribution in [3.05, 3.63) is 0 Å². The van der Waals surface area contributed by atoms with Crippen molar-refractivity contribution in [1.29, 1.82) is 0 Å². The molecule has 1 fully saturated rings. The highest BCUT2D eigenvalue weighted by atomic mass is 127. The first kappa shape index (κ1) is 20.9. The lowest BCUT2D eigenvalue weighted by molar-refractivity contribution is 0.123. The molecule has 9 heteroatoms. The third-order valence-electron chi connectivity index (χ3n) is 2.79. The molecule has 0 spiro atoms. The van der Waals surface area contributed by atoms with Gasteiger partial charge in [-0.25, -0.2) is 13.6 Å². The van der Waals surface area contributed by atoms with Crippen molar-refractivity contribution in [2.45, 2.75) is 26.2 Å². The normalized spacial score (nSPS) is 15.4. The average Bonchev–Trinajstić information content (AvgIpc) is 3.16. The molecule has 21 heavy (non-hydrogen) atoms. The van der Waals surface area contributed by atoms with Gasteiger partial charge in [-0.05, 0) is 32.1 Å². The topological polar surface area (TPSA) is 106 Å². The summed E-state index contributed by atoms with van der Waals surface area (Å²) in [7, 11) is -3.43. The summed E-state index contributed by atoms with van der Waals surface area (Å²) in [6, 6.07) is 0. The van der Waals surface area contributed by atoms with Crippen LogP contribution in [0.3, 0.4) is 0 Å². The van der Waals surface area contributed by atoms with E-state index >= 15 is 0 Å². The van der Waals surface area contributed by atoms with Gasteiger partial charge in [-0.15, -0.1) is 24.0 Å². The number of halogens is 1. The Labute approximate surface area is 144 Å². The third-order valence-corrected chi connectivity index (χ3v) is 3.56. The first-order valence-electron chi connectivity index (χ1n) is 7.11. The quantitative estimate of drug-likeness (QED) is 0.198. The van der Waals surface area contributed by atoms with Gasteiger partial charge >= 0.3 is 0 Å². The maximum absolute atomic E-state index is 10.8. The molecule has 1 saturated carbocycles. The molecule has 0 aromatic carbocycles. The molecule has 4 N–H and O–H groups in total. The highest BCUT2D eigenvalue weighted by molar-refractivity contribution is 14.0. The molecule has 0 saturated heterocycles. The van der Waals surface area contributed by atoms with Gasteiger partial charge in [0, 0.05) is 32.8 Å². The first-order valence-corrected chi connectivity index (χ1v) is 8.83. The van der Waals surface area contributed by atoms with E-state index in [-0.39, 0.29) is 36.3 Å². The lowest BCUT2D eigenvalue weighted by atomic mass is 10.4. The predicted octanol–water partition coefficient (Wildman–Crippen LogP) is 0.265. The van der Waals surface area contributed by atoms with Crippen LogP contribution in [0.2, 0.25) is 0 Å². The molecule has 1 aliphatic carbocycles. The Hall–Kier alpha value is -0.130. The standard InChI is InChI=1S/C12H26N4O3S.HI/c1-2-14-12(16-7-9-20(13,17)18)15-6-3-8-19-10-11-4-5-11;/h11H,2-10H2,1H3,(H2,13,17,18)(H2,14,15,16);1H. The fourth-order valence-electron chi connectivity index (χ4n) is 1.55. The summed E-state index contributed by atoms with van der Waals surface area (Å²) in [6.07, 6.45) is 3.46. The van der Waals surface area contributed by atoms with Crippen LogP contribution in [0.4, 0.5) is 0 Å². The Bertz CT molecular complexity index is 399. The first-order chi connectivity index (χ1) is 9.51. The zero-order valence-electron chi connectivity index (χ0n) is 12.5. The summed E-state index contributed by atoms with van der Waals surface area (Å²) >= 11 is 0. The number of primary sulfonamides is 1. The Balaban J connectivity index is 0.00000400. The van der Waals surface area contributed by atoms with Crippen LogP contribution in [-0.2, 0) is 14.8 Å². The van der Waals surface area contributed by atoms with Gasteiger partial charge in [0.05, 0.1) is 5.75 Å². The number of sulfonamides is 1. The molecular weight excluding hydrogens is 407 g/mol. The second-order valence-electron chi connectivity index (χ2n) is 4.93. The van der Waals surface area contributed by atoms with Crippen LogP contribution >= 0.6 is 24.0 Å². The van der Waals surface area contributed by atoms with E-state index in [1.807, 2.05) is 6.92 Å².